The van der Waals surface area contributed by atoms with Crippen LogP contribution >= 0.6 is 0 Å². The average Bonchev–Trinajstić information content (AvgIpc) is 2.75. The summed E-state index contributed by atoms with van der Waals surface area (Å²) in [6.07, 6.45) is 6.45. The summed E-state index contributed by atoms with van der Waals surface area (Å²) in [5.74, 6) is 1.68. The molecule has 1 fully saturated rings. The smallest absolute Gasteiger partial charge is 0.161 e. The summed E-state index contributed by atoms with van der Waals surface area (Å²) in [6.45, 7) is 6.18. The first-order valence-electron chi connectivity index (χ1n) is 10.4. The van der Waals surface area contributed by atoms with Crippen molar-refractivity contribution in [3.05, 3.63) is 48.8 Å². The van der Waals surface area contributed by atoms with Crippen LogP contribution in [0.4, 0.5) is 23.0 Å². The highest BCUT2D eigenvalue weighted by molar-refractivity contribution is 5.97. The number of nitrogens with two attached hydrogens (primary N) is 1. The van der Waals surface area contributed by atoms with Crippen molar-refractivity contribution in [2.45, 2.75) is 45.6 Å². The summed E-state index contributed by atoms with van der Waals surface area (Å²) in [7, 11) is 0. The average molecular weight is 376 g/mol. The van der Waals surface area contributed by atoms with E-state index in [9.17, 15) is 0 Å². The Labute approximate surface area is 167 Å². The van der Waals surface area contributed by atoms with Crippen molar-refractivity contribution in [1.29, 1.82) is 0 Å². The van der Waals surface area contributed by atoms with Crippen LogP contribution < -0.4 is 15.5 Å². The van der Waals surface area contributed by atoms with Gasteiger partial charge in [0.25, 0.3) is 0 Å². The van der Waals surface area contributed by atoms with Crippen LogP contribution in [0.25, 0.3) is 10.8 Å². The third kappa shape index (κ3) is 3.26. The Morgan fingerprint density at radius 1 is 1.07 bits per heavy atom. The minimum absolute atomic E-state index is 0.506. The van der Waals surface area contributed by atoms with Crippen molar-refractivity contribution >= 4 is 33.8 Å². The summed E-state index contributed by atoms with van der Waals surface area (Å²) in [5, 5.41) is 2.42. The van der Waals surface area contributed by atoms with E-state index in [0.717, 1.165) is 36.8 Å². The molecule has 1 aliphatic rings. The Kier molecular flexibility index (Phi) is 5.33. The second kappa shape index (κ2) is 8.05. The number of anilines is 4. The van der Waals surface area contributed by atoms with Crippen LogP contribution in [-0.4, -0.2) is 29.1 Å². The van der Waals surface area contributed by atoms with E-state index in [-0.39, 0.29) is 0 Å². The van der Waals surface area contributed by atoms with Crippen LogP contribution in [0.5, 0.6) is 0 Å². The minimum Gasteiger partial charge on any atom is -0.393 e. The number of rotatable bonds is 5. The van der Waals surface area contributed by atoms with E-state index in [1.54, 1.807) is 6.33 Å². The van der Waals surface area contributed by atoms with Crippen LogP contribution in [0.1, 0.15) is 39.5 Å². The number of hydrogen-bond acceptors (Lipinski definition) is 5. The van der Waals surface area contributed by atoms with Crippen LogP contribution in [-0.2, 0) is 0 Å². The molecule has 1 aromatic heterocycles. The zero-order valence-electron chi connectivity index (χ0n) is 16.8. The normalized spacial score (nSPS) is 17.1. The molecule has 1 saturated heterocycles. The molecule has 5 heteroatoms. The largest absolute Gasteiger partial charge is 0.393 e. The molecule has 0 spiro atoms. The highest BCUT2D eigenvalue weighted by atomic mass is 15.3. The molecule has 0 radical (unpaired) electrons. The molecule has 146 valence electrons. The summed E-state index contributed by atoms with van der Waals surface area (Å²) in [4.78, 5) is 13.8. The lowest BCUT2D eigenvalue weighted by molar-refractivity contribution is 0.447. The van der Waals surface area contributed by atoms with E-state index in [1.807, 2.05) is 0 Å². The van der Waals surface area contributed by atoms with Gasteiger partial charge in [-0.2, -0.15) is 0 Å². The van der Waals surface area contributed by atoms with Gasteiger partial charge in [0, 0.05) is 24.5 Å². The molecule has 4 rings (SSSR count). The van der Waals surface area contributed by atoms with Gasteiger partial charge in [0.05, 0.1) is 5.69 Å². The second-order valence-electron chi connectivity index (χ2n) is 7.43. The molecule has 1 atom stereocenters. The SMILES string of the molecule is CCC1CCCCN1c1ncnc(N(CC)c2cccc3ccccc23)c1N. The maximum Gasteiger partial charge on any atom is 0.161 e. The highest BCUT2D eigenvalue weighted by Gasteiger charge is 2.26. The molecule has 2 aromatic carbocycles. The number of hydrogen-bond donors (Lipinski definition) is 1. The van der Waals surface area contributed by atoms with Gasteiger partial charge in [-0.05, 0) is 44.1 Å². The first-order chi connectivity index (χ1) is 13.7. The summed E-state index contributed by atoms with van der Waals surface area (Å²) in [6, 6.07) is 15.3. The molecule has 5 nitrogen and oxygen atoms in total. The van der Waals surface area contributed by atoms with Crippen LogP contribution in [0.2, 0.25) is 0 Å². The van der Waals surface area contributed by atoms with Gasteiger partial charge < -0.3 is 15.5 Å². The Bertz CT molecular complexity index is 949. The number of benzene rings is 2. The maximum atomic E-state index is 6.68. The molecule has 28 heavy (non-hydrogen) atoms. The number of fused-ring (bicyclic) bond motifs is 1. The maximum absolute atomic E-state index is 6.68. The minimum atomic E-state index is 0.506. The van der Waals surface area contributed by atoms with E-state index in [1.165, 1.54) is 30.0 Å². The molecule has 0 aliphatic carbocycles. The van der Waals surface area contributed by atoms with Gasteiger partial charge in [0.1, 0.15) is 12.0 Å². The van der Waals surface area contributed by atoms with Crippen molar-refractivity contribution in [2.24, 2.45) is 0 Å². The zero-order chi connectivity index (χ0) is 19.5. The van der Waals surface area contributed by atoms with Crippen molar-refractivity contribution in [2.75, 3.05) is 28.6 Å². The fourth-order valence-corrected chi connectivity index (χ4v) is 4.40. The van der Waals surface area contributed by atoms with Gasteiger partial charge in [-0.15, -0.1) is 0 Å². The van der Waals surface area contributed by atoms with Crippen molar-refractivity contribution < 1.29 is 0 Å². The zero-order valence-corrected chi connectivity index (χ0v) is 16.8. The summed E-state index contributed by atoms with van der Waals surface area (Å²) >= 11 is 0. The lowest BCUT2D eigenvalue weighted by Crippen LogP contribution is -2.40. The third-order valence-electron chi connectivity index (χ3n) is 5.84. The van der Waals surface area contributed by atoms with Crippen molar-refractivity contribution in [3.8, 4) is 0 Å². The Balaban J connectivity index is 1.79. The van der Waals surface area contributed by atoms with Crippen molar-refractivity contribution in [1.82, 2.24) is 9.97 Å². The number of piperidine rings is 1. The van der Waals surface area contributed by atoms with Gasteiger partial charge >= 0.3 is 0 Å². The standard InChI is InChI=1S/C23H29N5/c1-3-18-12-7-8-15-28(18)23-21(24)22(25-16-26-23)27(4-2)20-14-9-11-17-10-5-6-13-19(17)20/h5-6,9-11,13-14,16,18H,3-4,7-8,12,15,24H2,1-2H3. The molecule has 3 aromatic rings. The van der Waals surface area contributed by atoms with Gasteiger partial charge in [-0.3, -0.25) is 0 Å². The highest BCUT2D eigenvalue weighted by Crippen LogP contribution is 2.38. The van der Waals surface area contributed by atoms with Gasteiger partial charge in [-0.25, -0.2) is 9.97 Å². The first-order valence-corrected chi connectivity index (χ1v) is 10.4. The quantitative estimate of drug-likeness (QED) is 0.669. The van der Waals surface area contributed by atoms with E-state index in [2.05, 4.69) is 76.1 Å². The lowest BCUT2D eigenvalue weighted by Gasteiger charge is -2.37. The number of nitrogen functional groups attached to an aromatic ring is 1. The van der Waals surface area contributed by atoms with E-state index in [4.69, 9.17) is 5.73 Å². The third-order valence-corrected chi connectivity index (χ3v) is 5.84. The molecule has 2 N–H and O–H groups in total. The number of aromatic nitrogens is 2. The molecule has 1 aliphatic heterocycles. The fourth-order valence-electron chi connectivity index (χ4n) is 4.40. The molecular weight excluding hydrogens is 346 g/mol. The van der Waals surface area contributed by atoms with Crippen LogP contribution in [0.15, 0.2) is 48.8 Å². The van der Waals surface area contributed by atoms with Crippen LogP contribution in [0.3, 0.4) is 0 Å². The molecule has 0 saturated carbocycles. The second-order valence-corrected chi connectivity index (χ2v) is 7.43. The predicted molar refractivity (Wildman–Crippen MR) is 118 cm³/mol. The van der Waals surface area contributed by atoms with E-state index in [0.29, 0.717) is 11.7 Å². The molecule has 0 bridgehead atoms. The topological polar surface area (TPSA) is 58.3 Å². The van der Waals surface area contributed by atoms with Gasteiger partial charge in [0.15, 0.2) is 11.6 Å². The molecule has 1 unspecified atom stereocenters. The van der Waals surface area contributed by atoms with Crippen LogP contribution in [0, 0.1) is 0 Å². The molecule has 2 heterocycles. The molecule has 0 amide bonds. The summed E-state index contributed by atoms with van der Waals surface area (Å²) < 4.78 is 0. The van der Waals surface area contributed by atoms with Crippen molar-refractivity contribution in [3.63, 3.8) is 0 Å². The van der Waals surface area contributed by atoms with Gasteiger partial charge in [-0.1, -0.05) is 43.3 Å². The first kappa shape index (κ1) is 18.5. The monoisotopic (exact) mass is 375 g/mol. The lowest BCUT2D eigenvalue weighted by atomic mass is 10.00. The Hall–Kier alpha value is -2.82. The Morgan fingerprint density at radius 2 is 1.89 bits per heavy atom. The van der Waals surface area contributed by atoms with E-state index < -0.39 is 0 Å². The van der Waals surface area contributed by atoms with E-state index >= 15 is 0 Å². The fraction of sp³-hybridized carbons (Fsp3) is 0.391. The Morgan fingerprint density at radius 3 is 2.71 bits per heavy atom. The number of nitrogens with zero attached hydrogens (tertiary/aromatic N) is 4. The van der Waals surface area contributed by atoms with Gasteiger partial charge in [0.2, 0.25) is 0 Å². The molecular formula is C23H29N5. The summed E-state index contributed by atoms with van der Waals surface area (Å²) in [5.41, 5.74) is 8.49. The predicted octanol–water partition coefficient (Wildman–Crippen LogP) is 5.14.